The SMILES string of the molecule is Cc1ccc(C(CN)N(C)CC(C)C)cc1. The quantitative estimate of drug-likeness (QED) is 0.826. The summed E-state index contributed by atoms with van der Waals surface area (Å²) < 4.78 is 0. The lowest BCUT2D eigenvalue weighted by Gasteiger charge is -2.28. The average Bonchev–Trinajstić information content (AvgIpc) is 2.21. The maximum Gasteiger partial charge on any atom is 0.0467 e. The molecule has 0 aliphatic carbocycles. The number of rotatable bonds is 5. The molecule has 0 amide bonds. The first-order chi connectivity index (χ1) is 7.54. The van der Waals surface area contributed by atoms with Crippen LogP contribution in [0.5, 0.6) is 0 Å². The van der Waals surface area contributed by atoms with Crippen LogP contribution in [0.3, 0.4) is 0 Å². The maximum absolute atomic E-state index is 5.88. The molecule has 2 nitrogen and oxygen atoms in total. The van der Waals surface area contributed by atoms with E-state index in [4.69, 9.17) is 5.73 Å². The molecule has 0 aliphatic rings. The Morgan fingerprint density at radius 1 is 1.19 bits per heavy atom. The molecule has 16 heavy (non-hydrogen) atoms. The molecule has 90 valence electrons. The van der Waals surface area contributed by atoms with E-state index in [-0.39, 0.29) is 0 Å². The number of benzene rings is 1. The van der Waals surface area contributed by atoms with Gasteiger partial charge in [-0.3, -0.25) is 4.90 Å². The van der Waals surface area contributed by atoms with Gasteiger partial charge in [-0.2, -0.15) is 0 Å². The van der Waals surface area contributed by atoms with E-state index in [0.29, 0.717) is 18.5 Å². The van der Waals surface area contributed by atoms with Crippen LogP contribution in [0.4, 0.5) is 0 Å². The van der Waals surface area contributed by atoms with E-state index in [1.807, 2.05) is 0 Å². The molecular formula is C14H24N2. The molecule has 0 bridgehead atoms. The summed E-state index contributed by atoms with van der Waals surface area (Å²) in [4.78, 5) is 2.34. The predicted molar refractivity (Wildman–Crippen MR) is 70.4 cm³/mol. The molecule has 0 aliphatic heterocycles. The van der Waals surface area contributed by atoms with E-state index < -0.39 is 0 Å². The van der Waals surface area contributed by atoms with Gasteiger partial charge in [0.05, 0.1) is 0 Å². The van der Waals surface area contributed by atoms with Crippen molar-refractivity contribution in [3.63, 3.8) is 0 Å². The van der Waals surface area contributed by atoms with Crippen LogP contribution in [0.15, 0.2) is 24.3 Å². The Kier molecular flexibility index (Phi) is 4.97. The van der Waals surface area contributed by atoms with Crippen LogP contribution in [0.1, 0.15) is 31.0 Å². The lowest BCUT2D eigenvalue weighted by atomic mass is 10.0. The minimum absolute atomic E-state index is 0.336. The molecule has 1 aromatic rings. The van der Waals surface area contributed by atoms with Gasteiger partial charge in [0.15, 0.2) is 0 Å². The van der Waals surface area contributed by atoms with Gasteiger partial charge < -0.3 is 5.73 Å². The first kappa shape index (κ1) is 13.2. The van der Waals surface area contributed by atoms with Gasteiger partial charge in [0.25, 0.3) is 0 Å². The summed E-state index contributed by atoms with van der Waals surface area (Å²) in [6.45, 7) is 8.33. The zero-order valence-corrected chi connectivity index (χ0v) is 10.9. The first-order valence-corrected chi connectivity index (χ1v) is 6.01. The van der Waals surface area contributed by atoms with Crippen LogP contribution in [0.2, 0.25) is 0 Å². The van der Waals surface area contributed by atoms with Crippen molar-refractivity contribution in [1.29, 1.82) is 0 Å². The highest BCUT2D eigenvalue weighted by Gasteiger charge is 2.15. The summed E-state index contributed by atoms with van der Waals surface area (Å²) >= 11 is 0. The Bertz CT molecular complexity index is 303. The summed E-state index contributed by atoms with van der Waals surface area (Å²) in [5.41, 5.74) is 8.49. The van der Waals surface area contributed by atoms with Gasteiger partial charge in [0, 0.05) is 19.1 Å². The van der Waals surface area contributed by atoms with Crippen LogP contribution in [0, 0.1) is 12.8 Å². The van der Waals surface area contributed by atoms with Gasteiger partial charge in [-0.15, -0.1) is 0 Å². The average molecular weight is 220 g/mol. The molecule has 1 aromatic carbocycles. The number of nitrogens with zero attached hydrogens (tertiary/aromatic N) is 1. The Hall–Kier alpha value is -0.860. The minimum atomic E-state index is 0.336. The van der Waals surface area contributed by atoms with Gasteiger partial charge in [-0.1, -0.05) is 43.7 Å². The molecule has 2 N–H and O–H groups in total. The van der Waals surface area contributed by atoms with Crippen molar-refractivity contribution in [3.8, 4) is 0 Å². The Morgan fingerprint density at radius 3 is 2.19 bits per heavy atom. The number of likely N-dealkylation sites (N-methyl/N-ethyl adjacent to an activating group) is 1. The molecule has 0 saturated heterocycles. The van der Waals surface area contributed by atoms with Crippen LogP contribution in [-0.4, -0.2) is 25.0 Å². The lowest BCUT2D eigenvalue weighted by Crippen LogP contribution is -2.33. The molecule has 0 saturated carbocycles. The van der Waals surface area contributed by atoms with Crippen LogP contribution >= 0.6 is 0 Å². The van der Waals surface area contributed by atoms with Crippen molar-refractivity contribution in [2.24, 2.45) is 11.7 Å². The summed E-state index contributed by atoms with van der Waals surface area (Å²) in [6.07, 6.45) is 0. The summed E-state index contributed by atoms with van der Waals surface area (Å²) in [5.74, 6) is 0.671. The van der Waals surface area contributed by atoms with Gasteiger partial charge in [-0.05, 0) is 25.5 Å². The molecule has 1 unspecified atom stereocenters. The topological polar surface area (TPSA) is 29.3 Å². The van der Waals surface area contributed by atoms with Gasteiger partial charge in [0.1, 0.15) is 0 Å². The molecule has 0 aromatic heterocycles. The highest BCUT2D eigenvalue weighted by molar-refractivity contribution is 5.24. The number of aryl methyl sites for hydroxylation is 1. The molecular weight excluding hydrogens is 196 g/mol. The summed E-state index contributed by atoms with van der Waals surface area (Å²) in [6, 6.07) is 9.01. The molecule has 0 fully saturated rings. The summed E-state index contributed by atoms with van der Waals surface area (Å²) in [5, 5.41) is 0. The standard InChI is InChI=1S/C14H24N2/c1-11(2)10-16(4)14(9-15)13-7-5-12(3)6-8-13/h5-8,11,14H,9-10,15H2,1-4H3. The van der Waals surface area contributed by atoms with Crippen molar-refractivity contribution >= 4 is 0 Å². The zero-order valence-electron chi connectivity index (χ0n) is 10.9. The fraction of sp³-hybridized carbons (Fsp3) is 0.571. The molecule has 1 atom stereocenters. The van der Waals surface area contributed by atoms with E-state index in [1.54, 1.807) is 0 Å². The molecule has 0 spiro atoms. The van der Waals surface area contributed by atoms with Crippen molar-refractivity contribution in [1.82, 2.24) is 4.90 Å². The second-order valence-electron chi connectivity index (χ2n) is 5.00. The Labute approximate surface area is 99.5 Å². The number of hydrogen-bond donors (Lipinski definition) is 1. The van der Waals surface area contributed by atoms with Gasteiger partial charge >= 0.3 is 0 Å². The van der Waals surface area contributed by atoms with E-state index in [9.17, 15) is 0 Å². The monoisotopic (exact) mass is 220 g/mol. The van der Waals surface area contributed by atoms with Crippen molar-refractivity contribution < 1.29 is 0 Å². The third kappa shape index (κ3) is 3.62. The normalized spacial score (nSPS) is 13.4. The largest absolute Gasteiger partial charge is 0.329 e. The lowest BCUT2D eigenvalue weighted by molar-refractivity contribution is 0.223. The van der Waals surface area contributed by atoms with E-state index in [0.717, 1.165) is 6.54 Å². The molecule has 0 heterocycles. The number of hydrogen-bond acceptors (Lipinski definition) is 2. The Morgan fingerprint density at radius 2 is 1.75 bits per heavy atom. The maximum atomic E-state index is 5.88. The van der Waals surface area contributed by atoms with Crippen LogP contribution in [-0.2, 0) is 0 Å². The van der Waals surface area contributed by atoms with Gasteiger partial charge in [-0.25, -0.2) is 0 Å². The summed E-state index contributed by atoms with van der Waals surface area (Å²) in [7, 11) is 2.15. The first-order valence-electron chi connectivity index (χ1n) is 6.01. The van der Waals surface area contributed by atoms with E-state index >= 15 is 0 Å². The molecule has 1 rings (SSSR count). The molecule has 0 radical (unpaired) electrons. The third-order valence-corrected chi connectivity index (χ3v) is 2.87. The third-order valence-electron chi connectivity index (χ3n) is 2.87. The fourth-order valence-corrected chi connectivity index (χ4v) is 2.06. The second-order valence-corrected chi connectivity index (χ2v) is 5.00. The van der Waals surface area contributed by atoms with Crippen molar-refractivity contribution in [3.05, 3.63) is 35.4 Å². The fourth-order valence-electron chi connectivity index (χ4n) is 2.06. The highest BCUT2D eigenvalue weighted by Crippen LogP contribution is 2.19. The molecule has 2 heteroatoms. The zero-order chi connectivity index (χ0) is 12.1. The smallest absolute Gasteiger partial charge is 0.0467 e. The van der Waals surface area contributed by atoms with Crippen LogP contribution < -0.4 is 5.73 Å². The second kappa shape index (κ2) is 6.02. The van der Waals surface area contributed by atoms with Crippen LogP contribution in [0.25, 0.3) is 0 Å². The highest BCUT2D eigenvalue weighted by atomic mass is 15.1. The van der Waals surface area contributed by atoms with Crippen molar-refractivity contribution in [2.45, 2.75) is 26.8 Å². The Balaban J connectivity index is 2.77. The predicted octanol–water partition coefficient (Wildman–Crippen LogP) is 2.58. The van der Waals surface area contributed by atoms with E-state index in [1.165, 1.54) is 11.1 Å². The minimum Gasteiger partial charge on any atom is -0.329 e. The number of nitrogens with two attached hydrogens (primary N) is 1. The van der Waals surface area contributed by atoms with Crippen molar-refractivity contribution in [2.75, 3.05) is 20.1 Å². The van der Waals surface area contributed by atoms with Gasteiger partial charge in [0.2, 0.25) is 0 Å². The van der Waals surface area contributed by atoms with E-state index in [2.05, 4.69) is 57.0 Å².